The molecule has 0 aliphatic carbocycles. The number of aryl methyl sites for hydroxylation is 1. The highest BCUT2D eigenvalue weighted by Gasteiger charge is 2.18. The second-order valence-corrected chi connectivity index (χ2v) is 7.33. The number of rotatable bonds is 6. The smallest absolute Gasteiger partial charge is 0.262 e. The molecule has 0 atom stereocenters. The van der Waals surface area contributed by atoms with E-state index in [4.69, 9.17) is 9.47 Å². The van der Waals surface area contributed by atoms with Gasteiger partial charge in [0.25, 0.3) is 10.0 Å². The Morgan fingerprint density at radius 2 is 1.54 bits per heavy atom. The van der Waals surface area contributed by atoms with Crippen LogP contribution >= 0.6 is 0 Å². The zero-order chi connectivity index (χ0) is 18.6. The number of sulfonamides is 1. The van der Waals surface area contributed by atoms with Crippen LogP contribution in [0.25, 0.3) is 0 Å². The fraction of sp³-hybridized carbons (Fsp3) is 0.100. The zero-order valence-electron chi connectivity index (χ0n) is 14.5. The quantitative estimate of drug-likeness (QED) is 0.690. The third-order valence-electron chi connectivity index (χ3n) is 3.78. The molecule has 0 spiro atoms. The maximum atomic E-state index is 12.8. The van der Waals surface area contributed by atoms with Crippen molar-refractivity contribution in [3.63, 3.8) is 0 Å². The Morgan fingerprint density at radius 1 is 0.846 bits per heavy atom. The summed E-state index contributed by atoms with van der Waals surface area (Å²) in [6, 6.07) is 20.8. The van der Waals surface area contributed by atoms with Gasteiger partial charge in [0.2, 0.25) is 0 Å². The van der Waals surface area contributed by atoms with E-state index < -0.39 is 10.0 Å². The summed E-state index contributed by atoms with van der Waals surface area (Å²) < 4.78 is 39.1. The van der Waals surface area contributed by atoms with Crippen molar-refractivity contribution in [1.29, 1.82) is 0 Å². The molecular weight excluding hydrogens is 350 g/mol. The number of anilines is 1. The number of methoxy groups -OCH3 is 1. The highest BCUT2D eigenvalue weighted by molar-refractivity contribution is 7.92. The third-order valence-corrected chi connectivity index (χ3v) is 5.14. The van der Waals surface area contributed by atoms with E-state index in [-0.39, 0.29) is 4.90 Å². The minimum Gasteiger partial charge on any atom is -0.496 e. The summed E-state index contributed by atoms with van der Waals surface area (Å²) in [5, 5.41) is 0. The summed E-state index contributed by atoms with van der Waals surface area (Å²) in [5.41, 5.74) is 1.11. The highest BCUT2D eigenvalue weighted by Crippen LogP contribution is 2.31. The van der Waals surface area contributed by atoms with Crippen molar-refractivity contribution < 1.29 is 17.9 Å². The molecule has 26 heavy (non-hydrogen) atoms. The molecule has 0 saturated heterocycles. The molecule has 5 nitrogen and oxygen atoms in total. The molecule has 0 aliphatic rings. The van der Waals surface area contributed by atoms with Crippen LogP contribution in [0.3, 0.4) is 0 Å². The van der Waals surface area contributed by atoms with E-state index in [2.05, 4.69) is 4.72 Å². The van der Waals surface area contributed by atoms with Crippen LogP contribution in [0, 0.1) is 6.92 Å². The van der Waals surface area contributed by atoms with E-state index in [1.165, 1.54) is 6.07 Å². The summed E-state index contributed by atoms with van der Waals surface area (Å²) in [4.78, 5) is 0.158. The Kier molecular flexibility index (Phi) is 5.14. The van der Waals surface area contributed by atoms with E-state index in [0.29, 0.717) is 22.9 Å². The lowest BCUT2D eigenvalue weighted by Gasteiger charge is -2.14. The lowest BCUT2D eigenvalue weighted by molar-refractivity contribution is 0.411. The van der Waals surface area contributed by atoms with Gasteiger partial charge in [-0.3, -0.25) is 4.72 Å². The molecule has 0 unspecified atom stereocenters. The molecule has 6 heteroatoms. The summed E-state index contributed by atoms with van der Waals surface area (Å²) in [5.74, 6) is 1.68. The van der Waals surface area contributed by atoms with Gasteiger partial charge in [-0.05, 0) is 55.0 Å². The number of benzene rings is 3. The molecule has 0 aliphatic heterocycles. The highest BCUT2D eigenvalue weighted by atomic mass is 32.2. The van der Waals surface area contributed by atoms with Gasteiger partial charge in [-0.25, -0.2) is 8.42 Å². The average molecular weight is 369 g/mol. The van der Waals surface area contributed by atoms with Gasteiger partial charge in [0.05, 0.1) is 17.7 Å². The Morgan fingerprint density at radius 3 is 2.23 bits per heavy atom. The summed E-state index contributed by atoms with van der Waals surface area (Å²) in [6.07, 6.45) is 0. The first-order valence-corrected chi connectivity index (χ1v) is 9.47. The van der Waals surface area contributed by atoms with Crippen molar-refractivity contribution in [1.82, 2.24) is 0 Å². The maximum Gasteiger partial charge on any atom is 0.262 e. The number of hydrogen-bond donors (Lipinski definition) is 1. The van der Waals surface area contributed by atoms with E-state index >= 15 is 0 Å². The molecule has 134 valence electrons. The minimum absolute atomic E-state index is 0.158. The lowest BCUT2D eigenvalue weighted by atomic mass is 10.2. The standard InChI is InChI=1S/C20H19NO4S/c1-15-14-17(12-13-19(15)24-2)26(22,23)21-18-10-6-7-11-20(18)25-16-8-4-3-5-9-16/h3-14,21H,1-2H3. The van der Waals surface area contributed by atoms with Gasteiger partial charge in [-0.15, -0.1) is 0 Å². The first-order chi connectivity index (χ1) is 12.5. The SMILES string of the molecule is COc1ccc(S(=O)(=O)Nc2ccccc2Oc2ccccc2)cc1C. The Labute approximate surface area is 153 Å². The fourth-order valence-corrected chi connectivity index (χ4v) is 3.63. The van der Waals surface area contributed by atoms with Crippen molar-refractivity contribution in [2.45, 2.75) is 11.8 Å². The van der Waals surface area contributed by atoms with Gasteiger partial charge >= 0.3 is 0 Å². The molecular formula is C20H19NO4S. The van der Waals surface area contributed by atoms with Crippen molar-refractivity contribution in [3.05, 3.63) is 78.4 Å². The summed E-state index contributed by atoms with van der Waals surface area (Å²) in [7, 11) is -2.21. The molecule has 0 amide bonds. The first-order valence-electron chi connectivity index (χ1n) is 7.99. The summed E-state index contributed by atoms with van der Waals surface area (Å²) in [6.45, 7) is 1.80. The average Bonchev–Trinajstić information content (AvgIpc) is 2.64. The summed E-state index contributed by atoms with van der Waals surface area (Å²) >= 11 is 0. The molecule has 0 heterocycles. The topological polar surface area (TPSA) is 64.6 Å². The van der Waals surface area contributed by atoms with Crippen LogP contribution in [-0.2, 0) is 10.0 Å². The van der Waals surface area contributed by atoms with Gasteiger partial charge in [0.15, 0.2) is 5.75 Å². The second-order valence-electron chi connectivity index (χ2n) is 5.65. The van der Waals surface area contributed by atoms with Gasteiger partial charge in [0, 0.05) is 0 Å². The van der Waals surface area contributed by atoms with Gasteiger partial charge < -0.3 is 9.47 Å². The normalized spacial score (nSPS) is 11.0. The van der Waals surface area contributed by atoms with Gasteiger partial charge in [-0.2, -0.15) is 0 Å². The van der Waals surface area contributed by atoms with Crippen LogP contribution < -0.4 is 14.2 Å². The molecule has 1 N–H and O–H groups in total. The molecule has 0 fully saturated rings. The fourth-order valence-electron chi connectivity index (χ4n) is 2.48. The first kappa shape index (κ1) is 17.8. The van der Waals surface area contributed by atoms with Gasteiger partial charge in [-0.1, -0.05) is 30.3 Å². The third kappa shape index (κ3) is 3.97. The van der Waals surface area contributed by atoms with Crippen molar-refractivity contribution in [3.8, 4) is 17.2 Å². The molecule has 3 aromatic rings. The van der Waals surface area contributed by atoms with E-state index in [1.54, 1.807) is 62.6 Å². The minimum atomic E-state index is -3.76. The van der Waals surface area contributed by atoms with Crippen LogP contribution in [-0.4, -0.2) is 15.5 Å². The Balaban J connectivity index is 1.89. The molecule has 3 rings (SSSR count). The number of hydrogen-bond acceptors (Lipinski definition) is 4. The van der Waals surface area contributed by atoms with E-state index in [9.17, 15) is 8.42 Å². The molecule has 0 saturated carbocycles. The molecule has 0 aromatic heterocycles. The van der Waals surface area contributed by atoms with Crippen LogP contribution in [0.1, 0.15) is 5.56 Å². The van der Waals surface area contributed by atoms with Crippen LogP contribution in [0.2, 0.25) is 0 Å². The molecule has 0 bridgehead atoms. The maximum absolute atomic E-state index is 12.8. The second kappa shape index (κ2) is 7.49. The Bertz CT molecular complexity index is 1000. The van der Waals surface area contributed by atoms with Crippen molar-refractivity contribution >= 4 is 15.7 Å². The van der Waals surface area contributed by atoms with Crippen molar-refractivity contribution in [2.75, 3.05) is 11.8 Å². The van der Waals surface area contributed by atoms with E-state index in [0.717, 1.165) is 5.56 Å². The lowest BCUT2D eigenvalue weighted by Crippen LogP contribution is -2.13. The van der Waals surface area contributed by atoms with Crippen molar-refractivity contribution in [2.24, 2.45) is 0 Å². The predicted molar refractivity (Wildman–Crippen MR) is 101 cm³/mol. The predicted octanol–water partition coefficient (Wildman–Crippen LogP) is 4.60. The number of nitrogens with one attached hydrogen (secondary N) is 1. The van der Waals surface area contributed by atoms with Crippen LogP contribution in [0.4, 0.5) is 5.69 Å². The largest absolute Gasteiger partial charge is 0.496 e. The van der Waals surface area contributed by atoms with Gasteiger partial charge in [0.1, 0.15) is 11.5 Å². The van der Waals surface area contributed by atoms with E-state index in [1.807, 2.05) is 18.2 Å². The monoisotopic (exact) mass is 369 g/mol. The van der Waals surface area contributed by atoms with Crippen LogP contribution in [0.15, 0.2) is 77.7 Å². The Hall–Kier alpha value is -2.99. The number of ether oxygens (including phenoxy) is 2. The molecule has 3 aromatic carbocycles. The van der Waals surface area contributed by atoms with Crippen LogP contribution in [0.5, 0.6) is 17.2 Å². The number of para-hydroxylation sites is 3. The zero-order valence-corrected chi connectivity index (χ0v) is 15.3. The molecule has 0 radical (unpaired) electrons.